The standard InChI is InChI=1S/AsH3.Mn.H2O.O/h1H3;;1H2;/q;+2;;-2. The van der Waals surface area contributed by atoms with Gasteiger partial charge in [-0.3, -0.25) is 0 Å². The summed E-state index contributed by atoms with van der Waals surface area (Å²) in [6, 6.07) is 0. The summed E-state index contributed by atoms with van der Waals surface area (Å²) in [5.41, 5.74) is 0. The summed E-state index contributed by atoms with van der Waals surface area (Å²) in [6.07, 6.45) is 0. The number of rotatable bonds is 0. The van der Waals surface area contributed by atoms with Gasteiger partial charge in [0.2, 0.25) is 0 Å². The first-order valence-corrected chi connectivity index (χ1v) is 0. The Morgan fingerprint density at radius 3 is 1.00 bits per heavy atom. The monoisotopic (exact) mass is 167 g/mol. The zero-order valence-electron chi connectivity index (χ0n) is 1.99. The van der Waals surface area contributed by atoms with E-state index in [9.17, 15) is 0 Å². The molecule has 0 rings (SSSR count). The molecule has 0 saturated carbocycles. The van der Waals surface area contributed by atoms with Crippen molar-refractivity contribution in [2.24, 2.45) is 0 Å². The second-order valence-corrected chi connectivity index (χ2v) is 0. The molecule has 1 radical (unpaired) electrons. The van der Waals surface area contributed by atoms with Crippen molar-refractivity contribution in [2.45, 2.75) is 0 Å². The second kappa shape index (κ2) is 36.1. The summed E-state index contributed by atoms with van der Waals surface area (Å²) in [7, 11) is 0. The molecular weight excluding hydrogens is 162 g/mol. The fraction of sp³-hybridized carbons (Fsp3) is 0. The van der Waals surface area contributed by atoms with Crippen LogP contribution in [0.5, 0.6) is 0 Å². The average molecular weight is 167 g/mol. The molecule has 0 amide bonds. The summed E-state index contributed by atoms with van der Waals surface area (Å²) in [5.74, 6) is 0. The van der Waals surface area contributed by atoms with E-state index in [-0.39, 0.29) is 46.0 Å². The minimum Gasteiger partial charge on any atom is -2.00 e. The van der Waals surface area contributed by atoms with Crippen LogP contribution in [0.25, 0.3) is 0 Å². The van der Waals surface area contributed by atoms with Crippen LogP contribution in [-0.2, 0) is 22.5 Å². The normalized spacial score (nSPS) is 0. The summed E-state index contributed by atoms with van der Waals surface area (Å²) in [6.45, 7) is 0. The fourth-order valence-electron chi connectivity index (χ4n) is 0. The molecule has 0 aliphatic rings. The molecule has 0 spiro atoms. The van der Waals surface area contributed by atoms with Crippen LogP contribution in [-0.4, -0.2) is 23.4 Å². The summed E-state index contributed by atoms with van der Waals surface area (Å²) < 4.78 is 0. The van der Waals surface area contributed by atoms with Crippen LogP contribution in [0.15, 0.2) is 0 Å². The van der Waals surface area contributed by atoms with Gasteiger partial charge >= 0.3 is 35.0 Å². The zero-order valence-corrected chi connectivity index (χ0v) is 6.14. The summed E-state index contributed by atoms with van der Waals surface area (Å²) >= 11 is 0. The van der Waals surface area contributed by atoms with Gasteiger partial charge in [-0.1, -0.05) is 0 Å². The molecule has 2 nitrogen and oxygen atoms in total. The van der Waals surface area contributed by atoms with Gasteiger partial charge in [0.25, 0.3) is 0 Å². The van der Waals surface area contributed by atoms with Crippen LogP contribution in [0.4, 0.5) is 0 Å². The van der Waals surface area contributed by atoms with Gasteiger partial charge in [-0.05, 0) is 0 Å². The first-order chi connectivity index (χ1) is 0. The number of hydrogen-bond acceptors (Lipinski definition) is 0. The maximum atomic E-state index is 0. The molecule has 1 unspecified atom stereocenters. The van der Waals surface area contributed by atoms with Gasteiger partial charge in [-0.15, -0.1) is 0 Å². The van der Waals surface area contributed by atoms with E-state index in [0.29, 0.717) is 0 Å². The minimum absolute atomic E-state index is 0. The zero-order chi connectivity index (χ0) is 0. The topological polar surface area (TPSA) is 60.0 Å². The van der Waals surface area contributed by atoms with Gasteiger partial charge in [0, 0.05) is 0 Å². The van der Waals surface area contributed by atoms with Crippen LogP contribution in [0.2, 0.25) is 0 Å². The first kappa shape index (κ1) is 80.2. The van der Waals surface area contributed by atoms with Gasteiger partial charge in [0.15, 0.2) is 0 Å². The van der Waals surface area contributed by atoms with Crippen molar-refractivity contribution in [2.75, 3.05) is 0 Å². The van der Waals surface area contributed by atoms with Crippen LogP contribution < -0.4 is 0 Å². The van der Waals surface area contributed by atoms with Gasteiger partial charge in [-0.2, -0.15) is 0 Å². The van der Waals surface area contributed by atoms with E-state index in [1.54, 1.807) is 0 Å². The Morgan fingerprint density at radius 1 is 1.00 bits per heavy atom. The van der Waals surface area contributed by atoms with Crippen molar-refractivity contribution in [3.63, 3.8) is 0 Å². The maximum absolute atomic E-state index is 0. The van der Waals surface area contributed by atoms with E-state index < -0.39 is 0 Å². The van der Waals surface area contributed by atoms with E-state index in [4.69, 9.17) is 0 Å². The summed E-state index contributed by atoms with van der Waals surface area (Å²) in [4.78, 5) is 0. The SMILES string of the molecule is O.[AsH3].[Mn+2].[O-2]. The molecule has 0 aromatic heterocycles. The van der Waals surface area contributed by atoms with Crippen LogP contribution >= 0.6 is 0 Å². The Labute approximate surface area is 46.4 Å². The molecule has 0 fully saturated rings. The predicted octanol–water partition coefficient (Wildman–Crippen LogP) is -2.13. The molecule has 0 saturated heterocycles. The Hall–Kier alpha value is 0.998. The summed E-state index contributed by atoms with van der Waals surface area (Å²) in [5, 5.41) is 0. The fourth-order valence-corrected chi connectivity index (χ4v) is 0. The Bertz CT molecular complexity index is 6.00. The van der Waals surface area contributed by atoms with Crippen molar-refractivity contribution in [3.05, 3.63) is 0 Å². The molecule has 0 aromatic rings. The molecule has 0 aliphatic carbocycles. The van der Waals surface area contributed by atoms with Gasteiger partial charge in [0.05, 0.1) is 0 Å². The van der Waals surface area contributed by atoms with Gasteiger partial charge in [0.1, 0.15) is 0 Å². The quantitative estimate of drug-likeness (QED) is 0.370. The van der Waals surface area contributed by atoms with E-state index in [0.717, 1.165) is 0 Å². The Morgan fingerprint density at radius 2 is 1.00 bits per heavy atom. The first-order valence-electron chi connectivity index (χ1n) is 0. The van der Waals surface area contributed by atoms with Crippen molar-refractivity contribution in [1.29, 1.82) is 0 Å². The Balaban J connectivity index is 0. The number of hydrogen-bond donors (Lipinski definition) is 0. The van der Waals surface area contributed by atoms with E-state index in [2.05, 4.69) is 0 Å². The molecule has 1 atom stereocenters. The molecule has 0 bridgehead atoms. The van der Waals surface area contributed by atoms with Crippen molar-refractivity contribution in [3.8, 4) is 0 Å². The molecule has 4 heavy (non-hydrogen) atoms. The largest absolute Gasteiger partial charge is 2.00 e. The third kappa shape index (κ3) is 12.0. The molecule has 2 N–H and O–H groups in total. The second-order valence-electron chi connectivity index (χ2n) is 0. The third-order valence-corrected chi connectivity index (χ3v) is 0. The molecular formula is H5AsMnO2. The minimum atomic E-state index is 0. The van der Waals surface area contributed by atoms with Crippen LogP contribution in [0.3, 0.4) is 0 Å². The average Bonchev–Trinajstić information content (AvgIpc) is 0. The van der Waals surface area contributed by atoms with Gasteiger partial charge in [-0.25, -0.2) is 0 Å². The van der Waals surface area contributed by atoms with Crippen molar-refractivity contribution < 1.29 is 28.0 Å². The van der Waals surface area contributed by atoms with E-state index >= 15 is 0 Å². The van der Waals surface area contributed by atoms with Gasteiger partial charge < -0.3 is 11.0 Å². The molecule has 0 aromatic carbocycles. The van der Waals surface area contributed by atoms with E-state index in [1.807, 2.05) is 0 Å². The van der Waals surface area contributed by atoms with Crippen molar-refractivity contribution >= 4 is 18.0 Å². The van der Waals surface area contributed by atoms with E-state index in [1.165, 1.54) is 0 Å². The van der Waals surface area contributed by atoms with Crippen LogP contribution in [0, 0.1) is 0 Å². The molecule has 0 heterocycles. The third-order valence-electron chi connectivity index (χ3n) is 0. The maximum Gasteiger partial charge on any atom is 2.00 e. The Kier molecular flexibility index (Phi) is 724. The molecule has 29 valence electrons. The molecule has 0 aliphatic heterocycles. The predicted molar refractivity (Wildman–Crippen MR) is 14.2 cm³/mol. The van der Waals surface area contributed by atoms with Crippen molar-refractivity contribution in [1.82, 2.24) is 0 Å². The van der Waals surface area contributed by atoms with Crippen LogP contribution in [0.1, 0.15) is 0 Å². The molecule has 4 heteroatoms. The smallest absolute Gasteiger partial charge is 2.00 e.